The zero-order chi connectivity index (χ0) is 18.6. The lowest BCUT2D eigenvalue weighted by atomic mass is 10.0. The van der Waals surface area contributed by atoms with E-state index >= 15 is 0 Å². The van der Waals surface area contributed by atoms with E-state index in [2.05, 4.69) is 20.7 Å². The lowest BCUT2D eigenvalue weighted by Crippen LogP contribution is -2.43. The van der Waals surface area contributed by atoms with Gasteiger partial charge in [0.2, 0.25) is 10.0 Å². The second-order valence-corrected chi connectivity index (χ2v) is 8.40. The monoisotopic (exact) mass is 395 g/mol. The predicted molar refractivity (Wildman–Crippen MR) is 101 cm³/mol. The first kappa shape index (κ1) is 19.3. The summed E-state index contributed by atoms with van der Waals surface area (Å²) in [5, 5.41) is 0.259. The van der Waals surface area contributed by atoms with Gasteiger partial charge in [-0.05, 0) is 24.6 Å². The molecule has 6 nitrogen and oxygen atoms in total. The first-order valence-electron chi connectivity index (χ1n) is 8.45. The maximum absolute atomic E-state index is 12.6. The molecular weight excluding hydrogens is 374 g/mol. The molecule has 0 aliphatic carbocycles. The van der Waals surface area contributed by atoms with Crippen molar-refractivity contribution in [3.05, 3.63) is 58.9 Å². The molecule has 2 heterocycles. The van der Waals surface area contributed by atoms with Crippen molar-refractivity contribution in [2.24, 2.45) is 0 Å². The Labute approximate surface area is 159 Å². The number of sulfonamides is 1. The van der Waals surface area contributed by atoms with Crippen molar-refractivity contribution in [3.63, 3.8) is 0 Å². The third-order valence-electron chi connectivity index (χ3n) is 4.39. The van der Waals surface area contributed by atoms with Gasteiger partial charge in [-0.3, -0.25) is 4.90 Å². The Bertz CT molecular complexity index is 837. The van der Waals surface area contributed by atoms with Crippen LogP contribution in [0.25, 0.3) is 0 Å². The van der Waals surface area contributed by atoms with E-state index in [1.165, 1.54) is 18.3 Å². The highest BCUT2D eigenvalue weighted by atomic mass is 35.5. The van der Waals surface area contributed by atoms with Crippen LogP contribution in [0, 0.1) is 6.92 Å². The molecule has 1 aromatic carbocycles. The number of halogens is 1. The molecule has 1 fully saturated rings. The highest BCUT2D eigenvalue weighted by Crippen LogP contribution is 2.23. The molecule has 1 N–H and O–H groups in total. The van der Waals surface area contributed by atoms with Crippen molar-refractivity contribution < 1.29 is 13.2 Å². The van der Waals surface area contributed by atoms with Crippen LogP contribution < -0.4 is 4.72 Å². The van der Waals surface area contributed by atoms with Crippen LogP contribution in [0.5, 0.6) is 0 Å². The molecule has 8 heteroatoms. The average Bonchev–Trinajstić information content (AvgIpc) is 2.63. The molecule has 0 radical (unpaired) electrons. The van der Waals surface area contributed by atoms with Gasteiger partial charge in [0.1, 0.15) is 10.0 Å². The molecular formula is C18H22ClN3O3S. The Hall–Kier alpha value is -1.51. The number of nitrogens with zero attached hydrogens (tertiary/aromatic N) is 2. The average molecular weight is 396 g/mol. The number of morpholine rings is 1. The number of pyridine rings is 1. The minimum Gasteiger partial charge on any atom is -0.379 e. The molecule has 1 unspecified atom stereocenters. The Balaban J connectivity index is 1.80. The van der Waals surface area contributed by atoms with Crippen LogP contribution in [0.3, 0.4) is 0 Å². The van der Waals surface area contributed by atoms with E-state index in [0.29, 0.717) is 13.2 Å². The molecule has 1 saturated heterocycles. The molecule has 26 heavy (non-hydrogen) atoms. The lowest BCUT2D eigenvalue weighted by molar-refractivity contribution is 0.0172. The number of hydrogen-bond donors (Lipinski definition) is 1. The van der Waals surface area contributed by atoms with Crippen molar-refractivity contribution in [1.29, 1.82) is 0 Å². The van der Waals surface area contributed by atoms with E-state index in [1.54, 1.807) is 0 Å². The summed E-state index contributed by atoms with van der Waals surface area (Å²) in [4.78, 5) is 6.21. The van der Waals surface area contributed by atoms with Crippen LogP contribution in [-0.2, 0) is 14.8 Å². The number of ether oxygens (including phenoxy) is 1. The number of rotatable bonds is 6. The van der Waals surface area contributed by atoms with E-state index in [9.17, 15) is 8.42 Å². The normalized spacial score (nSPS) is 17.2. The summed E-state index contributed by atoms with van der Waals surface area (Å²) in [5.41, 5.74) is 2.23. The minimum atomic E-state index is -3.66. The number of aromatic nitrogens is 1. The highest BCUT2D eigenvalue weighted by molar-refractivity contribution is 7.89. The van der Waals surface area contributed by atoms with Gasteiger partial charge >= 0.3 is 0 Å². The van der Waals surface area contributed by atoms with E-state index < -0.39 is 10.0 Å². The minimum absolute atomic E-state index is 0.0613. The Morgan fingerprint density at radius 2 is 2.04 bits per heavy atom. The second kappa shape index (κ2) is 8.45. The van der Waals surface area contributed by atoms with Crippen molar-refractivity contribution in [2.75, 3.05) is 32.8 Å². The van der Waals surface area contributed by atoms with Crippen molar-refractivity contribution >= 4 is 21.6 Å². The zero-order valence-electron chi connectivity index (χ0n) is 14.6. The fourth-order valence-electron chi connectivity index (χ4n) is 3.02. The third kappa shape index (κ3) is 4.81. The summed E-state index contributed by atoms with van der Waals surface area (Å²) in [5.74, 6) is 0. The van der Waals surface area contributed by atoms with Gasteiger partial charge in [-0.2, -0.15) is 0 Å². The maximum atomic E-state index is 12.6. The Morgan fingerprint density at radius 1 is 1.27 bits per heavy atom. The van der Waals surface area contributed by atoms with Gasteiger partial charge in [0.15, 0.2) is 0 Å². The quantitative estimate of drug-likeness (QED) is 0.760. The molecule has 1 aromatic heterocycles. The first-order valence-corrected chi connectivity index (χ1v) is 10.3. The van der Waals surface area contributed by atoms with Crippen molar-refractivity contribution in [2.45, 2.75) is 17.9 Å². The van der Waals surface area contributed by atoms with Crippen LogP contribution in [0.1, 0.15) is 17.2 Å². The van der Waals surface area contributed by atoms with Gasteiger partial charge in [-0.25, -0.2) is 18.1 Å². The molecule has 3 rings (SSSR count). The highest BCUT2D eigenvalue weighted by Gasteiger charge is 2.25. The molecule has 1 aliphatic heterocycles. The van der Waals surface area contributed by atoms with Gasteiger partial charge in [0, 0.05) is 31.9 Å². The van der Waals surface area contributed by atoms with Crippen molar-refractivity contribution in [1.82, 2.24) is 14.6 Å². The number of nitrogens with one attached hydrogen (secondary N) is 1. The van der Waals surface area contributed by atoms with E-state index in [1.807, 2.05) is 25.1 Å². The number of benzene rings is 1. The van der Waals surface area contributed by atoms with Crippen LogP contribution in [0.2, 0.25) is 5.15 Å². The molecule has 0 spiro atoms. The van der Waals surface area contributed by atoms with E-state index in [-0.39, 0.29) is 22.6 Å². The fourth-order valence-corrected chi connectivity index (χ4v) is 4.11. The molecule has 1 atom stereocenters. The molecule has 0 bridgehead atoms. The number of aryl methyl sites for hydroxylation is 1. The molecule has 0 saturated carbocycles. The Kier molecular flexibility index (Phi) is 6.26. The summed E-state index contributed by atoms with van der Waals surface area (Å²) < 4.78 is 33.3. The standard InChI is InChI=1S/C18H22ClN3O3S/c1-14-3-2-4-15(11-14)17(22-7-9-25-10-8-22)13-21-26(23,24)16-5-6-18(19)20-12-16/h2-6,11-12,17,21H,7-10,13H2,1H3. The van der Waals surface area contributed by atoms with Crippen LogP contribution >= 0.6 is 11.6 Å². The topological polar surface area (TPSA) is 71.5 Å². The van der Waals surface area contributed by atoms with Gasteiger partial charge in [-0.15, -0.1) is 0 Å². The summed E-state index contributed by atoms with van der Waals surface area (Å²) in [6.07, 6.45) is 1.26. The van der Waals surface area contributed by atoms with Gasteiger partial charge in [0.25, 0.3) is 0 Å². The van der Waals surface area contributed by atoms with Gasteiger partial charge in [-0.1, -0.05) is 41.4 Å². The van der Waals surface area contributed by atoms with E-state index in [0.717, 1.165) is 24.2 Å². The summed E-state index contributed by atoms with van der Waals surface area (Å²) in [6, 6.07) is 11.0. The SMILES string of the molecule is Cc1cccc(C(CNS(=O)(=O)c2ccc(Cl)nc2)N2CCOCC2)c1. The third-order valence-corrected chi connectivity index (χ3v) is 6.02. The second-order valence-electron chi connectivity index (χ2n) is 6.25. The van der Waals surface area contributed by atoms with Crippen molar-refractivity contribution in [3.8, 4) is 0 Å². The van der Waals surface area contributed by atoms with Crippen LogP contribution in [0.4, 0.5) is 0 Å². The van der Waals surface area contributed by atoms with Crippen LogP contribution in [0.15, 0.2) is 47.5 Å². The molecule has 140 valence electrons. The van der Waals surface area contributed by atoms with Crippen LogP contribution in [-0.4, -0.2) is 51.1 Å². The Morgan fingerprint density at radius 3 is 2.69 bits per heavy atom. The lowest BCUT2D eigenvalue weighted by Gasteiger charge is -2.35. The largest absolute Gasteiger partial charge is 0.379 e. The summed E-state index contributed by atoms with van der Waals surface area (Å²) in [7, 11) is -3.66. The zero-order valence-corrected chi connectivity index (χ0v) is 16.1. The van der Waals surface area contributed by atoms with Gasteiger partial charge < -0.3 is 4.74 Å². The molecule has 2 aromatic rings. The predicted octanol–water partition coefficient (Wildman–Crippen LogP) is 2.40. The number of hydrogen-bond acceptors (Lipinski definition) is 5. The van der Waals surface area contributed by atoms with Gasteiger partial charge in [0.05, 0.1) is 13.2 Å². The summed E-state index contributed by atoms with van der Waals surface area (Å²) >= 11 is 5.74. The summed E-state index contributed by atoms with van der Waals surface area (Å²) in [6.45, 7) is 5.13. The fraction of sp³-hybridized carbons (Fsp3) is 0.389. The smallest absolute Gasteiger partial charge is 0.242 e. The first-order chi connectivity index (χ1) is 12.5. The van der Waals surface area contributed by atoms with E-state index in [4.69, 9.17) is 16.3 Å². The molecule has 1 aliphatic rings. The maximum Gasteiger partial charge on any atom is 0.242 e. The molecule has 0 amide bonds.